The van der Waals surface area contributed by atoms with Crippen molar-refractivity contribution in [2.75, 3.05) is 13.1 Å². The normalized spacial score (nSPS) is 15.9. The molecule has 35 heavy (non-hydrogen) atoms. The van der Waals surface area contributed by atoms with Crippen molar-refractivity contribution < 1.29 is 18.3 Å². The van der Waals surface area contributed by atoms with Crippen LogP contribution in [0, 0.1) is 18.6 Å². The van der Waals surface area contributed by atoms with E-state index in [0.29, 0.717) is 35.7 Å². The first-order chi connectivity index (χ1) is 16.8. The van der Waals surface area contributed by atoms with Crippen molar-refractivity contribution >= 4 is 5.91 Å². The predicted molar refractivity (Wildman–Crippen MR) is 130 cm³/mol. The number of allylic oxidation sites excluding steroid dienone is 2. The molecule has 0 radical (unpaired) electrons. The molecule has 3 heterocycles. The van der Waals surface area contributed by atoms with Crippen LogP contribution in [0.3, 0.4) is 0 Å². The number of halogens is 2. The molecule has 2 aromatic carbocycles. The number of benzene rings is 2. The fourth-order valence-electron chi connectivity index (χ4n) is 4.50. The number of amides is 1. The third-order valence-electron chi connectivity index (χ3n) is 6.78. The van der Waals surface area contributed by atoms with E-state index in [2.05, 4.69) is 6.92 Å². The third-order valence-corrected chi connectivity index (χ3v) is 6.78. The highest BCUT2D eigenvalue weighted by Gasteiger charge is 2.29. The molecule has 2 aliphatic rings. The molecule has 5 nitrogen and oxygen atoms in total. The Morgan fingerprint density at radius 3 is 2.49 bits per heavy atom. The summed E-state index contributed by atoms with van der Waals surface area (Å²) in [5.74, 6) is 1.65. The highest BCUT2D eigenvalue weighted by Crippen LogP contribution is 2.32. The summed E-state index contributed by atoms with van der Waals surface area (Å²) in [5.41, 5.74) is 4.98. The maximum Gasteiger partial charge on any atom is 0.243 e. The average molecular weight is 476 g/mol. The van der Waals surface area contributed by atoms with Gasteiger partial charge in [0, 0.05) is 23.9 Å². The summed E-state index contributed by atoms with van der Waals surface area (Å²) in [7, 11) is 0. The van der Waals surface area contributed by atoms with Gasteiger partial charge in [0.25, 0.3) is 0 Å². The number of hydrogen-bond donors (Lipinski definition) is 0. The Bertz CT molecular complexity index is 1370. The third kappa shape index (κ3) is 4.63. The number of carbonyl (C=O) groups excluding carboxylic acids is 1. The van der Waals surface area contributed by atoms with E-state index in [0.717, 1.165) is 29.9 Å². The molecule has 180 valence electrons. The summed E-state index contributed by atoms with van der Waals surface area (Å²) in [5, 5.41) is 0. The van der Waals surface area contributed by atoms with E-state index >= 15 is 0 Å². The van der Waals surface area contributed by atoms with Gasteiger partial charge in [0.1, 0.15) is 29.8 Å². The molecule has 1 amide bonds. The van der Waals surface area contributed by atoms with E-state index in [1.165, 1.54) is 29.3 Å². The van der Waals surface area contributed by atoms with Crippen molar-refractivity contribution in [2.24, 2.45) is 0 Å². The second kappa shape index (κ2) is 9.13. The Balaban J connectivity index is 1.42. The topological polar surface area (TPSA) is 47.4 Å². The van der Waals surface area contributed by atoms with Gasteiger partial charge >= 0.3 is 0 Å². The first-order valence-electron chi connectivity index (χ1n) is 11.7. The number of rotatable bonds is 4. The largest absolute Gasteiger partial charge is 0.465 e. The van der Waals surface area contributed by atoms with Gasteiger partial charge in [-0.2, -0.15) is 0 Å². The summed E-state index contributed by atoms with van der Waals surface area (Å²) < 4.78 is 35.2. The van der Waals surface area contributed by atoms with E-state index in [-0.39, 0.29) is 24.1 Å². The molecule has 0 fully saturated rings. The highest BCUT2D eigenvalue weighted by atomic mass is 19.1. The lowest BCUT2D eigenvalue weighted by atomic mass is 10.1. The van der Waals surface area contributed by atoms with Gasteiger partial charge < -0.3 is 14.2 Å². The van der Waals surface area contributed by atoms with Crippen LogP contribution in [0.4, 0.5) is 8.78 Å². The van der Waals surface area contributed by atoms with Crippen molar-refractivity contribution in [2.45, 2.75) is 40.2 Å². The van der Waals surface area contributed by atoms with Gasteiger partial charge in [-0.25, -0.2) is 13.8 Å². The average Bonchev–Trinajstić information content (AvgIpc) is 3.41. The summed E-state index contributed by atoms with van der Waals surface area (Å²) in [6, 6.07) is 10.8. The molecule has 2 aliphatic heterocycles. The monoisotopic (exact) mass is 475 g/mol. The number of aromatic nitrogens is 2. The standard InChI is InChI=1S/C28H27F2N3O2/c1-17-4-5-22-13-32(15-26(22)35-19(17)3)27(34)16-33-14-25(21-8-11-24(30)18(2)12-21)31-28(33)20-6-9-23(29)10-7-20/h6-12,14H,4-5,13,15-16H2,1-3H3. The van der Waals surface area contributed by atoms with Crippen LogP contribution in [0.2, 0.25) is 0 Å². The van der Waals surface area contributed by atoms with Crippen LogP contribution in [0.15, 0.2) is 71.3 Å². The van der Waals surface area contributed by atoms with Crippen molar-refractivity contribution in [1.29, 1.82) is 0 Å². The van der Waals surface area contributed by atoms with Gasteiger partial charge in [0.05, 0.1) is 18.0 Å². The molecular formula is C28H27F2N3O2. The van der Waals surface area contributed by atoms with Gasteiger partial charge in [-0.1, -0.05) is 0 Å². The molecule has 0 N–H and O–H groups in total. The minimum Gasteiger partial charge on any atom is -0.465 e. The summed E-state index contributed by atoms with van der Waals surface area (Å²) in [4.78, 5) is 19.9. The van der Waals surface area contributed by atoms with Gasteiger partial charge in [-0.15, -0.1) is 0 Å². The van der Waals surface area contributed by atoms with Crippen LogP contribution < -0.4 is 0 Å². The molecule has 0 atom stereocenters. The lowest BCUT2D eigenvalue weighted by Crippen LogP contribution is -2.33. The lowest BCUT2D eigenvalue weighted by Gasteiger charge is -2.19. The van der Waals surface area contributed by atoms with Gasteiger partial charge in [0.15, 0.2) is 0 Å². The maximum atomic E-state index is 13.8. The Morgan fingerprint density at radius 2 is 1.74 bits per heavy atom. The second-order valence-electron chi connectivity index (χ2n) is 9.26. The quantitative estimate of drug-likeness (QED) is 0.465. The Kier molecular flexibility index (Phi) is 6.01. The molecule has 0 unspecified atom stereocenters. The van der Waals surface area contributed by atoms with Crippen molar-refractivity contribution in [3.63, 3.8) is 0 Å². The summed E-state index contributed by atoms with van der Waals surface area (Å²) in [6.07, 6.45) is 3.62. The lowest BCUT2D eigenvalue weighted by molar-refractivity contribution is -0.130. The predicted octanol–water partition coefficient (Wildman–Crippen LogP) is 6.00. The minimum absolute atomic E-state index is 0.0531. The maximum absolute atomic E-state index is 13.8. The Hall–Kier alpha value is -3.74. The van der Waals surface area contributed by atoms with Crippen LogP contribution in [-0.2, 0) is 16.1 Å². The van der Waals surface area contributed by atoms with E-state index in [1.807, 2.05) is 6.92 Å². The van der Waals surface area contributed by atoms with E-state index in [9.17, 15) is 13.6 Å². The van der Waals surface area contributed by atoms with Crippen LogP contribution in [0.1, 0.15) is 32.3 Å². The minimum atomic E-state index is -0.346. The van der Waals surface area contributed by atoms with Crippen LogP contribution in [0.5, 0.6) is 0 Å². The molecule has 5 rings (SSSR count). The van der Waals surface area contributed by atoms with Crippen LogP contribution >= 0.6 is 0 Å². The number of ether oxygens (including phenoxy) is 1. The number of nitrogens with zero attached hydrogens (tertiary/aromatic N) is 3. The van der Waals surface area contributed by atoms with Gasteiger partial charge in [-0.3, -0.25) is 4.79 Å². The molecule has 3 aromatic rings. The smallest absolute Gasteiger partial charge is 0.243 e. The molecular weight excluding hydrogens is 448 g/mol. The van der Waals surface area contributed by atoms with Crippen LogP contribution in [0.25, 0.3) is 22.6 Å². The molecule has 0 aliphatic carbocycles. The number of imidazole rings is 1. The first-order valence-corrected chi connectivity index (χ1v) is 11.7. The Morgan fingerprint density at radius 1 is 1.00 bits per heavy atom. The fourth-order valence-corrected chi connectivity index (χ4v) is 4.50. The Labute approximate surface area is 203 Å². The molecule has 7 heteroatoms. The van der Waals surface area contributed by atoms with Crippen molar-refractivity contribution in [3.8, 4) is 22.6 Å². The molecule has 1 aromatic heterocycles. The van der Waals surface area contributed by atoms with Gasteiger partial charge in [-0.05, 0) is 92.8 Å². The summed E-state index contributed by atoms with van der Waals surface area (Å²) >= 11 is 0. The summed E-state index contributed by atoms with van der Waals surface area (Å²) in [6.45, 7) is 6.83. The highest BCUT2D eigenvalue weighted by molar-refractivity contribution is 5.78. The van der Waals surface area contributed by atoms with E-state index in [1.54, 1.807) is 46.9 Å². The number of hydrogen-bond acceptors (Lipinski definition) is 3. The second-order valence-corrected chi connectivity index (χ2v) is 9.26. The van der Waals surface area contributed by atoms with E-state index < -0.39 is 0 Å². The zero-order chi connectivity index (χ0) is 24.7. The van der Waals surface area contributed by atoms with Crippen molar-refractivity contribution in [3.05, 3.63) is 88.5 Å². The zero-order valence-electron chi connectivity index (χ0n) is 20.1. The number of aryl methyl sites for hydroxylation is 1. The van der Waals surface area contributed by atoms with E-state index in [4.69, 9.17) is 9.72 Å². The molecule has 0 saturated carbocycles. The van der Waals surface area contributed by atoms with Crippen molar-refractivity contribution in [1.82, 2.24) is 14.5 Å². The molecule has 0 spiro atoms. The van der Waals surface area contributed by atoms with Crippen LogP contribution in [-0.4, -0.2) is 33.4 Å². The molecule has 0 saturated heterocycles. The number of carbonyl (C=O) groups is 1. The molecule has 0 bridgehead atoms. The first kappa shape index (κ1) is 23.0. The zero-order valence-corrected chi connectivity index (χ0v) is 20.1. The fraction of sp³-hybridized carbons (Fsp3) is 0.286. The SMILES string of the molecule is CC1=C(C)OC2=C(CC1)CN(C(=O)Cn1cc(-c3ccc(F)c(C)c3)nc1-c1ccc(F)cc1)C2. The van der Waals surface area contributed by atoms with Gasteiger partial charge in [0.2, 0.25) is 5.91 Å².